The predicted octanol–water partition coefficient (Wildman–Crippen LogP) is 11.9. The molecule has 0 unspecified atom stereocenters. The Hall–Kier alpha value is -6.07. The maximum Gasteiger partial charge on any atom is 3.00 e. The Bertz CT molecular complexity index is 3180. The van der Waals surface area contributed by atoms with Crippen LogP contribution in [0.2, 0.25) is 0 Å². The van der Waals surface area contributed by atoms with Crippen molar-refractivity contribution in [3.8, 4) is 22.8 Å². The summed E-state index contributed by atoms with van der Waals surface area (Å²) in [7, 11) is 2.05. The third-order valence-electron chi connectivity index (χ3n) is 11.2. The summed E-state index contributed by atoms with van der Waals surface area (Å²) < 4.78 is 8.97. The van der Waals surface area contributed by atoms with Gasteiger partial charge in [0.2, 0.25) is 6.33 Å². The van der Waals surface area contributed by atoms with Crippen molar-refractivity contribution in [3.05, 3.63) is 175 Å². The smallest absolute Gasteiger partial charge is 0.341 e. The van der Waals surface area contributed by atoms with Crippen LogP contribution >= 0.6 is 0 Å². The van der Waals surface area contributed by atoms with E-state index in [1.54, 1.807) is 0 Å². The summed E-state index contributed by atoms with van der Waals surface area (Å²) in [6.07, 6.45) is 3.48. The van der Waals surface area contributed by atoms with Crippen molar-refractivity contribution in [1.82, 2.24) is 18.5 Å². The van der Waals surface area contributed by atoms with E-state index >= 15 is 0 Å². The van der Waals surface area contributed by atoms with Crippen molar-refractivity contribution in [3.63, 3.8) is 0 Å². The molecule has 0 aliphatic carbocycles. The average molecular weight is 916 g/mol. The quantitative estimate of drug-likeness (QED) is 0.125. The summed E-state index contributed by atoms with van der Waals surface area (Å²) >= 11 is 0. The Morgan fingerprint density at radius 2 is 1.23 bits per heavy atom. The molecule has 0 N–H and O–H groups in total. The molecule has 6 heteroatoms. The molecule has 7 aromatic carbocycles. The first kappa shape index (κ1) is 36.6. The number of aryl methyl sites for hydroxylation is 1. The predicted molar refractivity (Wildman–Crippen MR) is 230 cm³/mol. The summed E-state index contributed by atoms with van der Waals surface area (Å²) in [6, 6.07) is 57.8. The topological polar surface area (TPSA) is 31.0 Å². The maximum absolute atomic E-state index is 4.99. The molecule has 0 saturated carbocycles. The fourth-order valence-electron chi connectivity index (χ4n) is 8.68. The van der Waals surface area contributed by atoms with Gasteiger partial charge >= 0.3 is 20.1 Å². The fraction of sp³-hybridized carbons (Fsp3) is 0.137. The van der Waals surface area contributed by atoms with Crippen molar-refractivity contribution in [2.24, 2.45) is 7.05 Å². The third kappa shape index (κ3) is 5.78. The zero-order valence-corrected chi connectivity index (χ0v) is 35.0. The van der Waals surface area contributed by atoms with Gasteiger partial charge in [0.25, 0.3) is 0 Å². The van der Waals surface area contributed by atoms with Crippen LogP contribution in [0, 0.1) is 18.5 Å². The first-order valence-electron chi connectivity index (χ1n) is 19.4. The van der Waals surface area contributed by atoms with E-state index in [0.29, 0.717) is 11.8 Å². The van der Waals surface area contributed by atoms with Gasteiger partial charge in [-0.25, -0.2) is 0 Å². The van der Waals surface area contributed by atoms with Gasteiger partial charge in [-0.1, -0.05) is 106 Å². The van der Waals surface area contributed by atoms with Gasteiger partial charge in [-0.2, -0.15) is 30.3 Å². The molecule has 0 aliphatic heterocycles. The van der Waals surface area contributed by atoms with Crippen molar-refractivity contribution in [2.45, 2.75) is 39.5 Å². The molecule has 0 spiro atoms. The first-order valence-corrected chi connectivity index (χ1v) is 19.4. The van der Waals surface area contributed by atoms with Gasteiger partial charge in [0, 0.05) is 32.7 Å². The number of imidazole rings is 2. The first-order chi connectivity index (χ1) is 27.4. The normalized spacial score (nSPS) is 11.8. The second-order valence-electron chi connectivity index (χ2n) is 15.3. The molecule has 4 heterocycles. The van der Waals surface area contributed by atoms with E-state index in [4.69, 9.17) is 4.98 Å². The molecule has 278 valence electrons. The van der Waals surface area contributed by atoms with Gasteiger partial charge < -0.3 is 18.1 Å². The molecule has 0 radical (unpaired) electrons. The Kier molecular flexibility index (Phi) is 9.27. The van der Waals surface area contributed by atoms with Crippen LogP contribution in [0.5, 0.6) is 0 Å². The van der Waals surface area contributed by atoms with E-state index < -0.39 is 0 Å². The minimum Gasteiger partial charge on any atom is -0.341 e. The molecule has 11 rings (SSSR count). The van der Waals surface area contributed by atoms with Crippen LogP contribution in [-0.4, -0.2) is 18.5 Å². The van der Waals surface area contributed by atoms with Crippen LogP contribution < -0.4 is 4.57 Å². The number of hydrogen-bond acceptors (Lipinski definition) is 1. The van der Waals surface area contributed by atoms with Crippen LogP contribution in [0.15, 0.2) is 146 Å². The Morgan fingerprint density at radius 3 is 1.95 bits per heavy atom. The van der Waals surface area contributed by atoms with E-state index in [0.717, 1.165) is 33.6 Å². The second-order valence-corrected chi connectivity index (χ2v) is 15.3. The zero-order valence-electron chi connectivity index (χ0n) is 32.6. The van der Waals surface area contributed by atoms with E-state index in [9.17, 15) is 0 Å². The Labute approximate surface area is 346 Å². The molecule has 11 aromatic rings. The molecule has 0 atom stereocenters. The zero-order chi connectivity index (χ0) is 38.1. The van der Waals surface area contributed by atoms with Crippen LogP contribution in [-0.2, 0) is 27.2 Å². The van der Waals surface area contributed by atoms with Crippen LogP contribution in [0.25, 0.3) is 82.9 Å². The summed E-state index contributed by atoms with van der Waals surface area (Å²) in [4.78, 5) is 4.99. The summed E-state index contributed by atoms with van der Waals surface area (Å²) in [6.45, 7) is 9.04. The number of nitrogens with zero attached hydrogens (tertiary/aromatic N) is 5. The van der Waals surface area contributed by atoms with Crippen molar-refractivity contribution < 1.29 is 24.7 Å². The van der Waals surface area contributed by atoms with Gasteiger partial charge in [0.1, 0.15) is 0 Å². The van der Waals surface area contributed by atoms with E-state index in [2.05, 4.69) is 180 Å². The summed E-state index contributed by atoms with van der Waals surface area (Å²) in [5, 5.41) is 5.16. The van der Waals surface area contributed by atoms with Crippen molar-refractivity contribution in [1.29, 1.82) is 0 Å². The molecule has 0 bridgehead atoms. The average Bonchev–Trinajstić information content (AvgIpc) is 3.98. The molecular weight excluding hydrogens is 875 g/mol. The van der Waals surface area contributed by atoms with E-state index in [-0.39, 0.29) is 20.1 Å². The van der Waals surface area contributed by atoms with Crippen LogP contribution in [0.3, 0.4) is 0 Å². The monoisotopic (exact) mass is 916 g/mol. The molecule has 5 nitrogen and oxygen atoms in total. The molecule has 0 amide bonds. The summed E-state index contributed by atoms with van der Waals surface area (Å²) in [5.41, 5.74) is 14.2. The van der Waals surface area contributed by atoms with Gasteiger partial charge in [-0.05, 0) is 47.2 Å². The van der Waals surface area contributed by atoms with Crippen LogP contribution in [0.1, 0.15) is 50.7 Å². The molecule has 57 heavy (non-hydrogen) atoms. The summed E-state index contributed by atoms with van der Waals surface area (Å²) in [5.74, 6) is 1.80. The minimum atomic E-state index is 0. The standard InChI is InChI=1S/C26H16N3.C25H25N2.Ir/c1-27-16-28(17-8-3-2-4-9-17)26-23(27)15-14-22-24(26)20-12-7-11-19-18-10-5-6-13-21(18)29(22)25(19)20;1-17(2)20-13-10-14-21(18(3)4)24(20)27-23-16-9-8-15-22(23)26-25(27)19-11-6-5-7-12-19;/h2-8,10-15H,1H3;5-11,13-18H,1-4H3;/q2*-1;+3. The largest absolute Gasteiger partial charge is 3.00 e. The molecule has 4 aromatic heterocycles. The SMILES string of the molecule is CC(C)c1cccc(C(C)C)c1-n1c(-c2[c-]cccc2)nc2ccccc21.C[n+]1[c-]n(-c2[c-]cccc2)c2c3c4cccc5c6ccccc6n(c3ccc21)c54.[Ir+3]. The van der Waals surface area contributed by atoms with Gasteiger partial charge in [-0.15, -0.1) is 35.9 Å². The van der Waals surface area contributed by atoms with Gasteiger partial charge in [-0.3, -0.25) is 4.98 Å². The maximum atomic E-state index is 4.99. The number of hydrogen-bond donors (Lipinski definition) is 0. The fourth-order valence-corrected chi connectivity index (χ4v) is 8.68. The second kappa shape index (κ2) is 14.5. The van der Waals surface area contributed by atoms with Gasteiger partial charge in [0.15, 0.2) is 0 Å². The van der Waals surface area contributed by atoms with E-state index in [1.165, 1.54) is 60.4 Å². The molecule has 0 aliphatic rings. The van der Waals surface area contributed by atoms with Crippen molar-refractivity contribution >= 4 is 60.2 Å². The van der Waals surface area contributed by atoms with E-state index in [1.807, 2.05) is 36.4 Å². The number of benzene rings is 7. The minimum absolute atomic E-state index is 0. The number of fused-ring (bicyclic) bond motifs is 9. The third-order valence-corrected chi connectivity index (χ3v) is 11.2. The Morgan fingerprint density at radius 1 is 0.579 bits per heavy atom. The molecular formula is C51H41IrN5+. The Balaban J connectivity index is 0.000000146. The number of para-hydroxylation sites is 6. The van der Waals surface area contributed by atoms with Gasteiger partial charge in [0.05, 0.1) is 46.0 Å². The molecule has 0 saturated heterocycles. The number of rotatable bonds is 5. The van der Waals surface area contributed by atoms with Crippen molar-refractivity contribution in [2.75, 3.05) is 0 Å². The van der Waals surface area contributed by atoms with Crippen LogP contribution in [0.4, 0.5) is 0 Å². The molecule has 0 fully saturated rings. The number of aromatic nitrogens is 5.